The number of benzene rings is 1. The van der Waals surface area contributed by atoms with Crippen LogP contribution in [0.15, 0.2) is 35.1 Å². The minimum atomic E-state index is -0.372. The summed E-state index contributed by atoms with van der Waals surface area (Å²) in [4.78, 5) is 28.7. The van der Waals surface area contributed by atoms with Crippen LogP contribution in [0.5, 0.6) is 0 Å². The van der Waals surface area contributed by atoms with Gasteiger partial charge >= 0.3 is 0 Å². The lowest BCUT2D eigenvalue weighted by molar-refractivity contribution is 0.111. The van der Waals surface area contributed by atoms with Crippen molar-refractivity contribution in [2.75, 3.05) is 5.73 Å². The zero-order valence-electron chi connectivity index (χ0n) is 9.01. The molecule has 1 aromatic heterocycles. The molecule has 0 aliphatic carbocycles. The fraction of sp³-hybridized carbons (Fsp3) is 0.0833. The predicted octanol–water partition coefficient (Wildman–Crippen LogP) is 0.755. The van der Waals surface area contributed by atoms with Gasteiger partial charge in [0.05, 0.1) is 5.56 Å². The van der Waals surface area contributed by atoms with E-state index in [0.717, 1.165) is 5.56 Å². The highest BCUT2D eigenvalue weighted by atomic mass is 16.1. The first-order valence-electron chi connectivity index (χ1n) is 5.08. The van der Waals surface area contributed by atoms with Gasteiger partial charge in [-0.1, -0.05) is 30.3 Å². The topological polar surface area (TPSA) is 88.8 Å². The molecule has 86 valence electrons. The van der Waals surface area contributed by atoms with Gasteiger partial charge in [0.15, 0.2) is 6.29 Å². The third-order valence-electron chi connectivity index (χ3n) is 2.40. The van der Waals surface area contributed by atoms with Crippen LogP contribution in [0.4, 0.5) is 5.95 Å². The number of nitrogens with one attached hydrogen (secondary N) is 1. The standard InChI is InChI=1S/C12H11N3O2/c13-12-14-10(7-16)9(11(17)15-12)6-8-4-2-1-3-5-8/h1-5,7H,6H2,(H3,13,14,15,17). The summed E-state index contributed by atoms with van der Waals surface area (Å²) in [6.45, 7) is 0. The smallest absolute Gasteiger partial charge is 0.256 e. The number of carbonyl (C=O) groups excluding carboxylic acids is 1. The van der Waals surface area contributed by atoms with Gasteiger partial charge in [-0.25, -0.2) is 4.98 Å². The highest BCUT2D eigenvalue weighted by Crippen LogP contribution is 2.08. The van der Waals surface area contributed by atoms with Gasteiger partial charge in [-0.15, -0.1) is 0 Å². The Morgan fingerprint density at radius 3 is 2.65 bits per heavy atom. The van der Waals surface area contributed by atoms with E-state index < -0.39 is 0 Å². The molecule has 17 heavy (non-hydrogen) atoms. The molecule has 0 saturated heterocycles. The summed E-state index contributed by atoms with van der Waals surface area (Å²) in [7, 11) is 0. The number of carbonyl (C=O) groups is 1. The van der Waals surface area contributed by atoms with Crippen molar-refractivity contribution in [1.29, 1.82) is 0 Å². The number of hydrogen-bond donors (Lipinski definition) is 2. The fourth-order valence-corrected chi connectivity index (χ4v) is 1.60. The Kier molecular flexibility index (Phi) is 3.00. The molecule has 0 spiro atoms. The van der Waals surface area contributed by atoms with E-state index in [9.17, 15) is 9.59 Å². The second kappa shape index (κ2) is 4.61. The number of aldehydes is 1. The average molecular weight is 229 g/mol. The van der Waals surface area contributed by atoms with Gasteiger partial charge in [-0.05, 0) is 5.56 Å². The number of H-pyrrole nitrogens is 1. The molecule has 5 nitrogen and oxygen atoms in total. The maximum Gasteiger partial charge on any atom is 0.256 e. The molecular weight excluding hydrogens is 218 g/mol. The third-order valence-corrected chi connectivity index (χ3v) is 2.40. The lowest BCUT2D eigenvalue weighted by atomic mass is 10.1. The number of anilines is 1. The summed E-state index contributed by atoms with van der Waals surface area (Å²) in [5.74, 6) is -0.0473. The minimum absolute atomic E-state index is 0.0473. The summed E-state index contributed by atoms with van der Waals surface area (Å²) in [6.07, 6.45) is 0.904. The van der Waals surface area contributed by atoms with Gasteiger partial charge in [-0.2, -0.15) is 0 Å². The second-order valence-corrected chi connectivity index (χ2v) is 3.60. The van der Waals surface area contributed by atoms with Gasteiger partial charge in [0.25, 0.3) is 5.56 Å². The van der Waals surface area contributed by atoms with Gasteiger partial charge in [0.2, 0.25) is 5.95 Å². The lowest BCUT2D eigenvalue weighted by Gasteiger charge is -2.04. The van der Waals surface area contributed by atoms with Crippen molar-refractivity contribution in [3.8, 4) is 0 Å². The Morgan fingerprint density at radius 1 is 1.29 bits per heavy atom. The number of nitrogen functional groups attached to an aromatic ring is 1. The number of rotatable bonds is 3. The van der Waals surface area contributed by atoms with Crippen molar-refractivity contribution in [1.82, 2.24) is 9.97 Å². The van der Waals surface area contributed by atoms with Crippen LogP contribution in [0.3, 0.4) is 0 Å². The number of nitrogens with two attached hydrogens (primary N) is 1. The average Bonchev–Trinajstić information content (AvgIpc) is 2.33. The minimum Gasteiger partial charge on any atom is -0.369 e. The van der Waals surface area contributed by atoms with Crippen molar-refractivity contribution in [2.24, 2.45) is 0 Å². The maximum atomic E-state index is 11.7. The highest BCUT2D eigenvalue weighted by molar-refractivity contribution is 5.74. The van der Waals surface area contributed by atoms with Crippen LogP contribution in [0, 0.1) is 0 Å². The molecule has 1 heterocycles. The van der Waals surface area contributed by atoms with Crippen LogP contribution < -0.4 is 11.3 Å². The summed E-state index contributed by atoms with van der Waals surface area (Å²) in [6, 6.07) is 9.38. The van der Waals surface area contributed by atoms with E-state index in [1.807, 2.05) is 30.3 Å². The fourth-order valence-electron chi connectivity index (χ4n) is 1.60. The van der Waals surface area contributed by atoms with Crippen LogP contribution in [0.25, 0.3) is 0 Å². The highest BCUT2D eigenvalue weighted by Gasteiger charge is 2.10. The summed E-state index contributed by atoms with van der Waals surface area (Å²) >= 11 is 0. The molecule has 0 fully saturated rings. The second-order valence-electron chi connectivity index (χ2n) is 3.60. The first-order chi connectivity index (χ1) is 8.20. The number of nitrogens with zero attached hydrogens (tertiary/aromatic N) is 1. The van der Waals surface area contributed by atoms with Crippen molar-refractivity contribution in [2.45, 2.75) is 6.42 Å². The maximum absolute atomic E-state index is 11.7. The van der Waals surface area contributed by atoms with Crippen molar-refractivity contribution in [3.63, 3.8) is 0 Å². The molecule has 1 aromatic carbocycles. The predicted molar refractivity (Wildman–Crippen MR) is 63.9 cm³/mol. The molecule has 0 bridgehead atoms. The first-order valence-corrected chi connectivity index (χ1v) is 5.08. The molecule has 0 radical (unpaired) electrons. The van der Waals surface area contributed by atoms with E-state index >= 15 is 0 Å². The largest absolute Gasteiger partial charge is 0.369 e. The van der Waals surface area contributed by atoms with E-state index in [0.29, 0.717) is 18.3 Å². The molecule has 0 amide bonds. The molecule has 3 N–H and O–H groups in total. The molecule has 0 saturated carbocycles. The Morgan fingerprint density at radius 2 is 2.00 bits per heavy atom. The molecule has 2 rings (SSSR count). The zero-order chi connectivity index (χ0) is 12.3. The Labute approximate surface area is 97.3 Å². The summed E-state index contributed by atoms with van der Waals surface area (Å²) in [5, 5.41) is 0. The summed E-state index contributed by atoms with van der Waals surface area (Å²) in [5.41, 5.74) is 6.36. The van der Waals surface area contributed by atoms with E-state index in [-0.39, 0.29) is 17.2 Å². The van der Waals surface area contributed by atoms with E-state index in [2.05, 4.69) is 9.97 Å². The van der Waals surface area contributed by atoms with Gasteiger partial charge in [0.1, 0.15) is 5.69 Å². The normalized spacial score (nSPS) is 10.1. The quantitative estimate of drug-likeness (QED) is 0.760. The van der Waals surface area contributed by atoms with Crippen LogP contribution in [-0.2, 0) is 6.42 Å². The number of aromatic amines is 1. The summed E-state index contributed by atoms with van der Waals surface area (Å²) < 4.78 is 0. The van der Waals surface area contributed by atoms with E-state index in [1.165, 1.54) is 0 Å². The first kappa shape index (κ1) is 11.1. The van der Waals surface area contributed by atoms with Crippen LogP contribution in [-0.4, -0.2) is 16.3 Å². The monoisotopic (exact) mass is 229 g/mol. The zero-order valence-corrected chi connectivity index (χ0v) is 9.01. The van der Waals surface area contributed by atoms with Crippen molar-refractivity contribution < 1.29 is 4.79 Å². The van der Waals surface area contributed by atoms with E-state index in [4.69, 9.17) is 5.73 Å². The van der Waals surface area contributed by atoms with Crippen molar-refractivity contribution in [3.05, 3.63) is 57.5 Å². The van der Waals surface area contributed by atoms with Crippen LogP contribution in [0.2, 0.25) is 0 Å². The third kappa shape index (κ3) is 2.39. The molecule has 0 unspecified atom stereocenters. The molecule has 0 atom stereocenters. The molecule has 2 aromatic rings. The SMILES string of the molecule is Nc1nc(C=O)c(Cc2ccccc2)c(=O)[nH]1. The Hall–Kier alpha value is -2.43. The number of hydrogen-bond acceptors (Lipinski definition) is 4. The van der Waals surface area contributed by atoms with Gasteiger partial charge < -0.3 is 5.73 Å². The van der Waals surface area contributed by atoms with Gasteiger partial charge in [0, 0.05) is 6.42 Å². The molecule has 0 aliphatic rings. The van der Waals surface area contributed by atoms with Crippen LogP contribution >= 0.6 is 0 Å². The van der Waals surface area contributed by atoms with Crippen LogP contribution in [0.1, 0.15) is 21.6 Å². The Bertz CT molecular complexity index is 590. The van der Waals surface area contributed by atoms with Crippen molar-refractivity contribution >= 4 is 12.2 Å². The van der Waals surface area contributed by atoms with E-state index in [1.54, 1.807) is 0 Å². The molecule has 5 heteroatoms. The van der Waals surface area contributed by atoms with Gasteiger partial charge in [-0.3, -0.25) is 14.6 Å². The molecule has 0 aliphatic heterocycles. The number of aromatic nitrogens is 2. The Balaban J connectivity index is 2.46. The lowest BCUT2D eigenvalue weighted by Crippen LogP contribution is -2.20. The molecular formula is C12H11N3O2.